The summed E-state index contributed by atoms with van der Waals surface area (Å²) in [5, 5.41) is 19.2. The molecular formula is C11H13BrO2. The Morgan fingerprint density at radius 3 is 2.64 bits per heavy atom. The van der Waals surface area contributed by atoms with Crippen molar-refractivity contribution in [2.24, 2.45) is 0 Å². The largest absolute Gasteiger partial charge is 0.508 e. The standard InChI is InChI=1S/C11H13BrO2/c12-9-2-1-8(10(13)7-9)3-4-11(14)5-6-11/h1-2,7,13-14H,3-6H2. The SMILES string of the molecule is Oc1cc(Br)ccc1CCC1(O)CC1. The molecule has 0 unspecified atom stereocenters. The highest BCUT2D eigenvalue weighted by molar-refractivity contribution is 9.10. The summed E-state index contributed by atoms with van der Waals surface area (Å²) in [6, 6.07) is 5.49. The van der Waals surface area contributed by atoms with Crippen LogP contribution in [0.3, 0.4) is 0 Å². The van der Waals surface area contributed by atoms with Crippen molar-refractivity contribution in [1.29, 1.82) is 0 Å². The van der Waals surface area contributed by atoms with Crippen molar-refractivity contribution in [1.82, 2.24) is 0 Å². The van der Waals surface area contributed by atoms with Crippen molar-refractivity contribution in [2.45, 2.75) is 31.3 Å². The zero-order valence-corrected chi connectivity index (χ0v) is 9.42. The van der Waals surface area contributed by atoms with Crippen molar-refractivity contribution in [3.8, 4) is 5.75 Å². The molecule has 0 spiro atoms. The second kappa shape index (κ2) is 3.55. The van der Waals surface area contributed by atoms with Gasteiger partial charge in [-0.2, -0.15) is 0 Å². The average Bonchev–Trinajstić information content (AvgIpc) is 2.83. The fourth-order valence-corrected chi connectivity index (χ4v) is 1.86. The lowest BCUT2D eigenvalue weighted by Crippen LogP contribution is -2.07. The molecule has 1 aliphatic rings. The first kappa shape index (κ1) is 9.99. The number of phenols is 1. The molecule has 1 fully saturated rings. The third kappa shape index (κ3) is 2.28. The van der Waals surface area contributed by atoms with Gasteiger partial charge in [-0.05, 0) is 43.4 Å². The molecule has 2 nitrogen and oxygen atoms in total. The smallest absolute Gasteiger partial charge is 0.119 e. The van der Waals surface area contributed by atoms with Gasteiger partial charge in [0.1, 0.15) is 5.75 Å². The Hall–Kier alpha value is -0.540. The third-order valence-electron chi connectivity index (χ3n) is 2.73. The van der Waals surface area contributed by atoms with Crippen LogP contribution >= 0.6 is 15.9 Å². The second-order valence-electron chi connectivity index (χ2n) is 4.00. The highest BCUT2D eigenvalue weighted by Crippen LogP contribution is 2.39. The van der Waals surface area contributed by atoms with E-state index in [1.54, 1.807) is 6.07 Å². The number of aromatic hydroxyl groups is 1. The van der Waals surface area contributed by atoms with E-state index >= 15 is 0 Å². The Morgan fingerprint density at radius 2 is 2.07 bits per heavy atom. The van der Waals surface area contributed by atoms with Crippen LogP contribution in [0.1, 0.15) is 24.8 Å². The lowest BCUT2D eigenvalue weighted by Gasteiger charge is -2.08. The van der Waals surface area contributed by atoms with Crippen LogP contribution in [0, 0.1) is 0 Å². The molecule has 0 amide bonds. The van der Waals surface area contributed by atoms with Crippen LogP contribution in [-0.2, 0) is 6.42 Å². The normalized spacial score (nSPS) is 18.1. The van der Waals surface area contributed by atoms with Gasteiger partial charge in [-0.3, -0.25) is 0 Å². The molecule has 0 aromatic heterocycles. The van der Waals surface area contributed by atoms with E-state index in [1.807, 2.05) is 12.1 Å². The van der Waals surface area contributed by atoms with Gasteiger partial charge in [0.15, 0.2) is 0 Å². The van der Waals surface area contributed by atoms with Gasteiger partial charge in [-0.15, -0.1) is 0 Å². The first-order chi connectivity index (χ1) is 6.59. The summed E-state index contributed by atoms with van der Waals surface area (Å²) in [7, 11) is 0. The second-order valence-corrected chi connectivity index (χ2v) is 4.91. The van der Waals surface area contributed by atoms with Crippen LogP contribution in [0.5, 0.6) is 5.75 Å². The molecule has 1 aromatic rings. The minimum atomic E-state index is -0.431. The summed E-state index contributed by atoms with van der Waals surface area (Å²) in [4.78, 5) is 0. The number of hydrogen-bond donors (Lipinski definition) is 2. The monoisotopic (exact) mass is 256 g/mol. The highest BCUT2D eigenvalue weighted by atomic mass is 79.9. The van der Waals surface area contributed by atoms with E-state index in [-0.39, 0.29) is 0 Å². The van der Waals surface area contributed by atoms with Crippen molar-refractivity contribution in [3.63, 3.8) is 0 Å². The lowest BCUT2D eigenvalue weighted by molar-refractivity contribution is 0.140. The predicted molar refractivity (Wildman–Crippen MR) is 58.3 cm³/mol. The van der Waals surface area contributed by atoms with E-state index in [2.05, 4.69) is 15.9 Å². The fraction of sp³-hybridized carbons (Fsp3) is 0.455. The maximum atomic E-state index is 9.64. The topological polar surface area (TPSA) is 40.5 Å². The maximum Gasteiger partial charge on any atom is 0.119 e. The molecule has 0 bridgehead atoms. The maximum absolute atomic E-state index is 9.64. The molecule has 0 atom stereocenters. The van der Waals surface area contributed by atoms with Crippen LogP contribution in [0.25, 0.3) is 0 Å². The van der Waals surface area contributed by atoms with Gasteiger partial charge in [0.05, 0.1) is 5.60 Å². The van der Waals surface area contributed by atoms with E-state index in [4.69, 9.17) is 0 Å². The molecule has 76 valence electrons. The number of aryl methyl sites for hydroxylation is 1. The summed E-state index contributed by atoms with van der Waals surface area (Å²) in [6.07, 6.45) is 3.31. The quantitative estimate of drug-likeness (QED) is 0.873. The Bertz CT molecular complexity index is 345. The van der Waals surface area contributed by atoms with Gasteiger partial charge < -0.3 is 10.2 Å². The van der Waals surface area contributed by atoms with E-state index in [0.29, 0.717) is 5.75 Å². The Balaban J connectivity index is 2.02. The van der Waals surface area contributed by atoms with Crippen molar-refractivity contribution >= 4 is 15.9 Å². The first-order valence-corrected chi connectivity index (χ1v) is 5.58. The molecule has 14 heavy (non-hydrogen) atoms. The zero-order chi connectivity index (χ0) is 10.2. The Labute approximate surface area is 91.7 Å². The molecule has 2 rings (SSSR count). The molecule has 1 saturated carbocycles. The van der Waals surface area contributed by atoms with Gasteiger partial charge in [-0.1, -0.05) is 22.0 Å². The van der Waals surface area contributed by atoms with Crippen LogP contribution in [0.4, 0.5) is 0 Å². The van der Waals surface area contributed by atoms with Crippen LogP contribution in [-0.4, -0.2) is 15.8 Å². The fourth-order valence-electron chi connectivity index (χ4n) is 1.51. The summed E-state index contributed by atoms with van der Waals surface area (Å²) in [6.45, 7) is 0. The summed E-state index contributed by atoms with van der Waals surface area (Å²) < 4.78 is 0.879. The highest BCUT2D eigenvalue weighted by Gasteiger charge is 2.39. The van der Waals surface area contributed by atoms with E-state index in [0.717, 1.165) is 35.7 Å². The molecule has 2 N–H and O–H groups in total. The third-order valence-corrected chi connectivity index (χ3v) is 3.23. The van der Waals surface area contributed by atoms with Gasteiger partial charge >= 0.3 is 0 Å². The van der Waals surface area contributed by atoms with Crippen molar-refractivity contribution in [2.75, 3.05) is 0 Å². The molecule has 0 radical (unpaired) electrons. The molecule has 1 aromatic carbocycles. The van der Waals surface area contributed by atoms with Crippen LogP contribution in [0.2, 0.25) is 0 Å². The number of benzene rings is 1. The Morgan fingerprint density at radius 1 is 1.36 bits per heavy atom. The zero-order valence-electron chi connectivity index (χ0n) is 7.83. The van der Waals surface area contributed by atoms with E-state index in [1.165, 1.54) is 0 Å². The summed E-state index contributed by atoms with van der Waals surface area (Å²) in [5.74, 6) is 0.309. The summed E-state index contributed by atoms with van der Waals surface area (Å²) in [5.41, 5.74) is 0.480. The molecule has 0 saturated heterocycles. The first-order valence-electron chi connectivity index (χ1n) is 4.79. The average molecular weight is 257 g/mol. The van der Waals surface area contributed by atoms with Gasteiger partial charge in [-0.25, -0.2) is 0 Å². The van der Waals surface area contributed by atoms with E-state index in [9.17, 15) is 10.2 Å². The number of hydrogen-bond acceptors (Lipinski definition) is 2. The molecule has 0 aliphatic heterocycles. The Kier molecular flexibility index (Phi) is 2.54. The number of phenolic OH excluding ortho intramolecular Hbond substituents is 1. The van der Waals surface area contributed by atoms with Crippen molar-refractivity contribution < 1.29 is 10.2 Å². The van der Waals surface area contributed by atoms with Gasteiger partial charge in [0, 0.05) is 4.47 Å². The van der Waals surface area contributed by atoms with E-state index < -0.39 is 5.60 Å². The molecule has 1 aliphatic carbocycles. The molecule has 0 heterocycles. The minimum absolute atomic E-state index is 0.309. The molecular weight excluding hydrogens is 244 g/mol. The minimum Gasteiger partial charge on any atom is -0.508 e. The van der Waals surface area contributed by atoms with Crippen LogP contribution in [0.15, 0.2) is 22.7 Å². The lowest BCUT2D eigenvalue weighted by atomic mass is 10.1. The molecule has 3 heteroatoms. The number of halogens is 1. The summed E-state index contributed by atoms with van der Waals surface area (Å²) >= 11 is 3.29. The number of aliphatic hydroxyl groups is 1. The number of rotatable bonds is 3. The predicted octanol–water partition coefficient (Wildman–Crippen LogP) is 2.61. The van der Waals surface area contributed by atoms with Gasteiger partial charge in [0.2, 0.25) is 0 Å². The van der Waals surface area contributed by atoms with Crippen molar-refractivity contribution in [3.05, 3.63) is 28.2 Å². The van der Waals surface area contributed by atoms with Crippen LogP contribution < -0.4 is 0 Å². The van der Waals surface area contributed by atoms with Gasteiger partial charge in [0.25, 0.3) is 0 Å².